The molecular weight excluding hydrogens is 184 g/mol. The van der Waals surface area contributed by atoms with Crippen molar-refractivity contribution in [3.8, 4) is 0 Å². The summed E-state index contributed by atoms with van der Waals surface area (Å²) < 4.78 is 0. The van der Waals surface area contributed by atoms with Crippen molar-refractivity contribution in [2.75, 3.05) is 0 Å². The molecule has 2 heteroatoms. The molecule has 2 atom stereocenters. The predicted molar refractivity (Wildman–Crippen MR) is 62.6 cm³/mol. The summed E-state index contributed by atoms with van der Waals surface area (Å²) in [6.45, 7) is 4.69. The van der Waals surface area contributed by atoms with E-state index in [2.05, 4.69) is 24.9 Å². The molecule has 1 aromatic rings. The van der Waals surface area contributed by atoms with Crippen molar-refractivity contribution in [1.29, 1.82) is 0 Å². The van der Waals surface area contributed by atoms with Crippen LogP contribution >= 0.6 is 0 Å². The highest BCUT2D eigenvalue weighted by atomic mass is 14.7. The van der Waals surface area contributed by atoms with Crippen LogP contribution in [0, 0.1) is 5.41 Å². The van der Waals surface area contributed by atoms with E-state index in [0.717, 1.165) is 12.8 Å². The van der Waals surface area contributed by atoms with E-state index in [1.165, 1.54) is 12.0 Å². The summed E-state index contributed by atoms with van der Waals surface area (Å²) in [5.74, 6) is 0.565. The highest BCUT2D eigenvalue weighted by Gasteiger charge is 2.36. The van der Waals surface area contributed by atoms with E-state index in [-0.39, 0.29) is 0 Å². The first-order valence-electron chi connectivity index (χ1n) is 5.75. The van der Waals surface area contributed by atoms with Gasteiger partial charge in [0.2, 0.25) is 0 Å². The van der Waals surface area contributed by atoms with Gasteiger partial charge in [0.1, 0.15) is 0 Å². The molecule has 82 valence electrons. The number of hydrogen-bond acceptors (Lipinski definition) is 2. The normalized spacial score (nSPS) is 30.1. The molecule has 2 rings (SSSR count). The zero-order chi connectivity index (χ0) is 10.9. The second kappa shape index (κ2) is 3.93. The van der Waals surface area contributed by atoms with Crippen LogP contribution < -0.4 is 5.73 Å². The molecule has 0 aromatic carbocycles. The van der Waals surface area contributed by atoms with Crippen LogP contribution in [0.2, 0.25) is 0 Å². The van der Waals surface area contributed by atoms with Gasteiger partial charge >= 0.3 is 0 Å². The fourth-order valence-electron chi connectivity index (χ4n) is 2.64. The van der Waals surface area contributed by atoms with E-state index in [0.29, 0.717) is 17.4 Å². The molecule has 1 aliphatic rings. The standard InChI is InChI=1S/C13H20N2/c1-13(2)6-5-11(14)8-12(13)10-4-3-7-15-9-10/h3-4,7,9,11-12H,5-6,8,14H2,1-2H3. The third kappa shape index (κ3) is 2.20. The molecule has 0 radical (unpaired) electrons. The van der Waals surface area contributed by atoms with E-state index < -0.39 is 0 Å². The zero-order valence-corrected chi connectivity index (χ0v) is 9.61. The second-order valence-corrected chi connectivity index (χ2v) is 5.36. The van der Waals surface area contributed by atoms with Gasteiger partial charge < -0.3 is 5.73 Å². The highest BCUT2D eigenvalue weighted by molar-refractivity contribution is 5.19. The molecule has 2 unspecified atom stereocenters. The number of aromatic nitrogens is 1. The van der Waals surface area contributed by atoms with Crippen LogP contribution in [-0.4, -0.2) is 11.0 Å². The first-order chi connectivity index (χ1) is 7.09. The number of rotatable bonds is 1. The van der Waals surface area contributed by atoms with Gasteiger partial charge in [-0.15, -0.1) is 0 Å². The summed E-state index contributed by atoms with van der Waals surface area (Å²) in [7, 11) is 0. The van der Waals surface area contributed by atoms with E-state index in [9.17, 15) is 0 Å². The Morgan fingerprint density at radius 2 is 2.27 bits per heavy atom. The van der Waals surface area contributed by atoms with Crippen LogP contribution in [0.25, 0.3) is 0 Å². The molecule has 0 spiro atoms. The molecule has 0 saturated heterocycles. The van der Waals surface area contributed by atoms with Gasteiger partial charge in [-0.3, -0.25) is 4.98 Å². The van der Waals surface area contributed by atoms with Gasteiger partial charge in [0, 0.05) is 18.4 Å². The van der Waals surface area contributed by atoms with Gasteiger partial charge in [-0.05, 0) is 42.2 Å². The number of hydrogen-bond donors (Lipinski definition) is 1. The molecule has 1 heterocycles. The molecule has 0 amide bonds. The Labute approximate surface area is 91.9 Å². The molecule has 2 nitrogen and oxygen atoms in total. The Balaban J connectivity index is 2.26. The highest BCUT2D eigenvalue weighted by Crippen LogP contribution is 2.45. The minimum absolute atomic E-state index is 0.360. The van der Waals surface area contributed by atoms with E-state index in [1.54, 1.807) is 0 Å². The number of pyridine rings is 1. The van der Waals surface area contributed by atoms with Crippen molar-refractivity contribution >= 4 is 0 Å². The van der Waals surface area contributed by atoms with Gasteiger partial charge in [-0.1, -0.05) is 19.9 Å². The summed E-state index contributed by atoms with van der Waals surface area (Å²) in [5.41, 5.74) is 7.77. The van der Waals surface area contributed by atoms with E-state index in [1.807, 2.05) is 18.5 Å². The van der Waals surface area contributed by atoms with Crippen molar-refractivity contribution in [2.45, 2.75) is 45.1 Å². The lowest BCUT2D eigenvalue weighted by Gasteiger charge is -2.41. The van der Waals surface area contributed by atoms with Gasteiger partial charge in [0.05, 0.1) is 0 Å². The Hall–Kier alpha value is -0.890. The molecule has 1 aromatic heterocycles. The molecule has 15 heavy (non-hydrogen) atoms. The first kappa shape index (κ1) is 10.6. The van der Waals surface area contributed by atoms with Crippen molar-refractivity contribution in [3.05, 3.63) is 30.1 Å². The maximum atomic E-state index is 6.06. The van der Waals surface area contributed by atoms with Crippen LogP contribution in [0.3, 0.4) is 0 Å². The van der Waals surface area contributed by atoms with Gasteiger partial charge in [-0.25, -0.2) is 0 Å². The molecule has 0 aliphatic heterocycles. The molecular formula is C13H20N2. The lowest BCUT2D eigenvalue weighted by atomic mass is 9.65. The summed E-state index contributed by atoms with van der Waals surface area (Å²) in [6.07, 6.45) is 7.29. The second-order valence-electron chi connectivity index (χ2n) is 5.36. The Morgan fingerprint density at radius 1 is 1.47 bits per heavy atom. The van der Waals surface area contributed by atoms with Gasteiger partial charge in [0.25, 0.3) is 0 Å². The third-order valence-corrected chi connectivity index (χ3v) is 3.73. The zero-order valence-electron chi connectivity index (χ0n) is 9.61. The Kier molecular flexibility index (Phi) is 2.79. The largest absolute Gasteiger partial charge is 0.328 e. The van der Waals surface area contributed by atoms with Crippen LogP contribution in [0.4, 0.5) is 0 Å². The monoisotopic (exact) mass is 204 g/mol. The average Bonchev–Trinajstić information content (AvgIpc) is 2.23. The van der Waals surface area contributed by atoms with Crippen molar-refractivity contribution in [3.63, 3.8) is 0 Å². The average molecular weight is 204 g/mol. The summed E-state index contributed by atoms with van der Waals surface area (Å²) in [6, 6.07) is 4.56. The molecule has 1 fully saturated rings. The smallest absolute Gasteiger partial charge is 0.0302 e. The minimum Gasteiger partial charge on any atom is -0.328 e. The fraction of sp³-hybridized carbons (Fsp3) is 0.615. The van der Waals surface area contributed by atoms with Crippen LogP contribution in [0.5, 0.6) is 0 Å². The molecule has 2 N–H and O–H groups in total. The third-order valence-electron chi connectivity index (χ3n) is 3.73. The molecule has 1 aliphatic carbocycles. The summed E-state index contributed by atoms with van der Waals surface area (Å²) in [5, 5.41) is 0. The van der Waals surface area contributed by atoms with Crippen LogP contribution in [-0.2, 0) is 0 Å². The van der Waals surface area contributed by atoms with Crippen LogP contribution in [0.15, 0.2) is 24.5 Å². The maximum absolute atomic E-state index is 6.06. The molecule has 1 saturated carbocycles. The number of nitrogens with zero attached hydrogens (tertiary/aromatic N) is 1. The quantitative estimate of drug-likeness (QED) is 0.764. The lowest BCUT2D eigenvalue weighted by Crippen LogP contribution is -2.36. The van der Waals surface area contributed by atoms with Gasteiger partial charge in [0.15, 0.2) is 0 Å². The summed E-state index contributed by atoms with van der Waals surface area (Å²) >= 11 is 0. The van der Waals surface area contributed by atoms with Gasteiger partial charge in [-0.2, -0.15) is 0 Å². The first-order valence-corrected chi connectivity index (χ1v) is 5.75. The van der Waals surface area contributed by atoms with Crippen molar-refractivity contribution < 1.29 is 0 Å². The van der Waals surface area contributed by atoms with Crippen LogP contribution in [0.1, 0.15) is 44.6 Å². The Bertz CT molecular complexity index is 319. The van der Waals surface area contributed by atoms with E-state index >= 15 is 0 Å². The molecule has 0 bridgehead atoms. The lowest BCUT2D eigenvalue weighted by molar-refractivity contribution is 0.182. The number of nitrogens with two attached hydrogens (primary N) is 1. The van der Waals surface area contributed by atoms with Crippen molar-refractivity contribution in [2.24, 2.45) is 11.1 Å². The SMILES string of the molecule is CC1(C)CCC(N)CC1c1cccnc1. The topological polar surface area (TPSA) is 38.9 Å². The summed E-state index contributed by atoms with van der Waals surface area (Å²) in [4.78, 5) is 4.21. The van der Waals surface area contributed by atoms with Crippen molar-refractivity contribution in [1.82, 2.24) is 4.98 Å². The fourth-order valence-corrected chi connectivity index (χ4v) is 2.64. The minimum atomic E-state index is 0.360. The Morgan fingerprint density at radius 3 is 2.93 bits per heavy atom. The van der Waals surface area contributed by atoms with E-state index in [4.69, 9.17) is 5.73 Å². The predicted octanol–water partition coefficient (Wildman–Crippen LogP) is 2.70. The maximum Gasteiger partial charge on any atom is 0.0302 e.